The summed E-state index contributed by atoms with van der Waals surface area (Å²) in [5.41, 5.74) is -0.364. The van der Waals surface area contributed by atoms with Crippen molar-refractivity contribution in [1.29, 1.82) is 0 Å². The quantitative estimate of drug-likeness (QED) is 0.115. The Hall–Kier alpha value is -5.64. The fourth-order valence-corrected chi connectivity index (χ4v) is 7.29. The van der Waals surface area contributed by atoms with Gasteiger partial charge < -0.3 is 33.9 Å². The normalized spacial score (nSPS) is 15.9. The van der Waals surface area contributed by atoms with Crippen LogP contribution < -0.4 is 14.2 Å². The fraction of sp³-hybridized carbons (Fsp3) is 0.325. The zero-order chi connectivity index (χ0) is 41.9. The van der Waals surface area contributed by atoms with Gasteiger partial charge in [-0.05, 0) is 134 Å². The van der Waals surface area contributed by atoms with Crippen LogP contribution in [-0.2, 0) is 25.5 Å². The van der Waals surface area contributed by atoms with E-state index >= 15 is 0 Å². The van der Waals surface area contributed by atoms with Gasteiger partial charge in [0, 0.05) is 18.6 Å². The number of rotatable bonds is 10. The van der Waals surface area contributed by atoms with Crippen molar-refractivity contribution in [3.05, 3.63) is 101 Å². The first-order chi connectivity index (χ1) is 26.0. The summed E-state index contributed by atoms with van der Waals surface area (Å²) in [6, 6.07) is 1.41. The molecule has 1 aliphatic heterocycles. The van der Waals surface area contributed by atoms with Gasteiger partial charge in [-0.1, -0.05) is 0 Å². The molecule has 0 unspecified atom stereocenters. The van der Waals surface area contributed by atoms with Crippen LogP contribution in [0.4, 0.5) is 13.2 Å². The minimum Gasteiger partial charge on any atom is -0.506 e. The first-order valence-corrected chi connectivity index (χ1v) is 17.7. The molecule has 0 saturated carbocycles. The third-order valence-corrected chi connectivity index (χ3v) is 10.9. The van der Waals surface area contributed by atoms with Gasteiger partial charge in [0.05, 0.1) is 18.2 Å². The number of aromatic carboxylic acids is 1. The SMILES string of the molecule is COC1=CC(=O)C=C2O[C@@]12C(=O)Oc1c(C)c(C)c(C(=O)Oc2cc(C)c(C(=O)Oc3c(C)c(C)c(C(=O)O)c(CCC(F)(F)F)c3C)c(C)c2C)c(O)c1Br. The molecule has 0 spiro atoms. The Balaban J connectivity index is 1.43. The number of halogens is 4. The summed E-state index contributed by atoms with van der Waals surface area (Å²) in [6.07, 6.45) is -4.25. The van der Waals surface area contributed by atoms with Crippen molar-refractivity contribution >= 4 is 45.6 Å². The van der Waals surface area contributed by atoms with Gasteiger partial charge in [0.15, 0.2) is 23.1 Å². The molecule has 0 amide bonds. The number of phenolic OH excluding ortho intramolecular Hbond substituents is 1. The Morgan fingerprint density at radius 3 is 1.95 bits per heavy atom. The van der Waals surface area contributed by atoms with Gasteiger partial charge >= 0.3 is 35.7 Å². The summed E-state index contributed by atoms with van der Waals surface area (Å²) >= 11 is 3.21. The molecule has 16 heteroatoms. The number of esters is 3. The Labute approximate surface area is 327 Å². The lowest BCUT2D eigenvalue weighted by Crippen LogP contribution is -2.34. The van der Waals surface area contributed by atoms with Crippen molar-refractivity contribution in [3.63, 3.8) is 0 Å². The Kier molecular flexibility index (Phi) is 11.0. The number of allylic oxidation sites excluding steroid dienone is 2. The fourth-order valence-electron chi connectivity index (χ4n) is 6.71. The Bertz CT molecular complexity index is 2330. The number of carbonyl (C=O) groups is 5. The van der Waals surface area contributed by atoms with Crippen LogP contribution >= 0.6 is 15.9 Å². The number of epoxide rings is 1. The van der Waals surface area contributed by atoms with Crippen LogP contribution in [0.15, 0.2) is 34.2 Å². The first-order valence-electron chi connectivity index (χ1n) is 16.9. The molecule has 3 aromatic rings. The topological polar surface area (TPSA) is 175 Å². The highest BCUT2D eigenvalue weighted by Gasteiger charge is 2.68. The van der Waals surface area contributed by atoms with Crippen LogP contribution in [-0.4, -0.2) is 58.8 Å². The average Bonchev–Trinajstić information content (AvgIpc) is 3.85. The van der Waals surface area contributed by atoms with E-state index in [1.165, 1.54) is 47.8 Å². The van der Waals surface area contributed by atoms with Crippen molar-refractivity contribution in [2.45, 2.75) is 80.0 Å². The molecule has 296 valence electrons. The number of carboxylic acids is 1. The minimum atomic E-state index is -4.56. The number of carbonyl (C=O) groups excluding carboxylic acids is 4. The summed E-state index contributed by atoms with van der Waals surface area (Å²) in [6.45, 7) is 12.1. The predicted octanol–water partition coefficient (Wildman–Crippen LogP) is 7.92. The third-order valence-electron chi connectivity index (χ3n) is 10.2. The molecule has 1 heterocycles. The van der Waals surface area contributed by atoms with Gasteiger partial charge in [0.1, 0.15) is 27.3 Å². The lowest BCUT2D eigenvalue weighted by Gasteiger charge is -2.22. The van der Waals surface area contributed by atoms with Crippen LogP contribution in [0.25, 0.3) is 0 Å². The average molecular weight is 846 g/mol. The highest BCUT2D eigenvalue weighted by atomic mass is 79.9. The second-order valence-electron chi connectivity index (χ2n) is 13.5. The Morgan fingerprint density at radius 2 is 1.36 bits per heavy atom. The van der Waals surface area contributed by atoms with Crippen LogP contribution in [0.1, 0.15) is 87.6 Å². The van der Waals surface area contributed by atoms with E-state index in [4.69, 9.17) is 23.7 Å². The number of ether oxygens (including phenoxy) is 5. The van der Waals surface area contributed by atoms with Gasteiger partial charge in [-0.15, -0.1) is 0 Å². The van der Waals surface area contributed by atoms with Crippen molar-refractivity contribution in [1.82, 2.24) is 0 Å². The van der Waals surface area contributed by atoms with Gasteiger partial charge in [-0.3, -0.25) is 4.79 Å². The van der Waals surface area contributed by atoms with E-state index in [9.17, 15) is 47.4 Å². The summed E-state index contributed by atoms with van der Waals surface area (Å²) in [4.78, 5) is 64.7. The maximum absolute atomic E-state index is 13.7. The van der Waals surface area contributed by atoms with Crippen molar-refractivity contribution in [2.75, 3.05) is 7.11 Å². The van der Waals surface area contributed by atoms with Crippen LogP contribution in [0.3, 0.4) is 0 Å². The molecule has 0 bridgehead atoms. The van der Waals surface area contributed by atoms with Crippen LogP contribution in [0.5, 0.6) is 23.0 Å². The monoisotopic (exact) mass is 844 g/mol. The third kappa shape index (κ3) is 7.13. The zero-order valence-corrected chi connectivity index (χ0v) is 33.2. The van der Waals surface area contributed by atoms with Gasteiger partial charge in [-0.2, -0.15) is 13.2 Å². The molecular weight excluding hydrogens is 809 g/mol. The molecule has 0 aromatic heterocycles. The lowest BCUT2D eigenvalue weighted by atomic mass is 9.89. The van der Waals surface area contributed by atoms with Gasteiger partial charge in [0.2, 0.25) is 0 Å². The molecule has 2 aliphatic rings. The molecule has 5 rings (SSSR count). The highest BCUT2D eigenvalue weighted by Crippen LogP contribution is 2.52. The number of hydrogen-bond donors (Lipinski definition) is 2. The van der Waals surface area contributed by atoms with Crippen molar-refractivity contribution in [2.24, 2.45) is 0 Å². The van der Waals surface area contributed by atoms with E-state index in [0.29, 0.717) is 16.7 Å². The molecule has 2 N–H and O–H groups in total. The van der Waals surface area contributed by atoms with Crippen LogP contribution in [0, 0.1) is 55.4 Å². The number of aromatic hydroxyl groups is 1. The standard InChI is InChI=1S/C40H36BrF3O12/c1-15-12-25(16(2)17(3)28(15)36(49)54-33-20(6)18(4)29(35(47)48)24(22(33)8)10-11-39(42,43)44)53-37(50)30-19(5)21(7)34(31(41)32(30)46)55-38(51)40-26(52-9)13-23(45)14-27(40)56-40/h12-14,46H,10-11H2,1-9H3,(H,47,48)/t40-/m0/s1. The Morgan fingerprint density at radius 1 is 0.786 bits per heavy atom. The largest absolute Gasteiger partial charge is 0.506 e. The van der Waals surface area contributed by atoms with E-state index in [0.717, 1.165) is 12.2 Å². The number of methoxy groups -OCH3 is 1. The molecule has 1 aliphatic carbocycles. The predicted molar refractivity (Wildman–Crippen MR) is 195 cm³/mol. The number of fused-ring (bicyclic) bond motifs is 1. The first kappa shape index (κ1) is 41.5. The second kappa shape index (κ2) is 14.8. The van der Waals surface area contributed by atoms with Crippen molar-refractivity contribution in [3.8, 4) is 23.0 Å². The number of carboxylic acid groups (broad SMARTS) is 1. The minimum absolute atomic E-state index is 0.0307. The zero-order valence-electron chi connectivity index (χ0n) is 31.6. The molecule has 1 saturated heterocycles. The molecule has 1 fully saturated rings. The molecular formula is C40H36BrF3O12. The molecule has 56 heavy (non-hydrogen) atoms. The van der Waals surface area contributed by atoms with E-state index in [1.807, 2.05) is 0 Å². The number of hydrogen-bond acceptors (Lipinski definition) is 11. The lowest BCUT2D eigenvalue weighted by molar-refractivity contribution is -0.140. The molecule has 3 aromatic carbocycles. The van der Waals surface area contributed by atoms with E-state index in [-0.39, 0.29) is 83.3 Å². The van der Waals surface area contributed by atoms with E-state index in [2.05, 4.69) is 15.9 Å². The number of alkyl halides is 3. The van der Waals surface area contributed by atoms with Gasteiger partial charge in [0.25, 0.3) is 0 Å². The number of benzene rings is 3. The van der Waals surface area contributed by atoms with Gasteiger partial charge in [-0.25, -0.2) is 19.2 Å². The molecule has 1 atom stereocenters. The molecule has 12 nitrogen and oxygen atoms in total. The summed E-state index contributed by atoms with van der Waals surface area (Å²) < 4.78 is 67.1. The smallest absolute Gasteiger partial charge is 0.389 e. The summed E-state index contributed by atoms with van der Waals surface area (Å²) in [5, 5.41) is 21.0. The van der Waals surface area contributed by atoms with E-state index < -0.39 is 60.0 Å². The summed E-state index contributed by atoms with van der Waals surface area (Å²) in [5.74, 6) is -5.48. The van der Waals surface area contributed by atoms with Crippen LogP contribution in [0.2, 0.25) is 0 Å². The number of aryl methyl sites for hydroxylation is 1. The molecule has 0 radical (unpaired) electrons. The van der Waals surface area contributed by atoms with E-state index in [1.54, 1.807) is 20.8 Å². The second-order valence-corrected chi connectivity index (χ2v) is 14.3. The highest BCUT2D eigenvalue weighted by molar-refractivity contribution is 9.10. The maximum atomic E-state index is 13.7. The number of phenols is 1. The van der Waals surface area contributed by atoms with Crippen molar-refractivity contribution < 1.29 is 71.0 Å². The maximum Gasteiger partial charge on any atom is 0.389 e. The number of ketones is 1. The summed E-state index contributed by atoms with van der Waals surface area (Å²) in [7, 11) is 1.26.